The van der Waals surface area contributed by atoms with Crippen LogP contribution in [0.2, 0.25) is 0 Å². The Morgan fingerprint density at radius 1 is 0.549 bits per heavy atom. The number of nitrogens with zero attached hydrogens (tertiary/aromatic N) is 4. The van der Waals surface area contributed by atoms with Crippen LogP contribution < -0.4 is 0 Å². The van der Waals surface area contributed by atoms with Crippen LogP contribution in [0.25, 0.3) is 63.8 Å². The Labute approximate surface area is 311 Å². The first-order valence-electron chi connectivity index (χ1n) is 17.9. The third-order valence-electron chi connectivity index (χ3n) is 9.48. The van der Waals surface area contributed by atoms with E-state index in [9.17, 15) is 0 Å². The van der Waals surface area contributed by atoms with Gasteiger partial charge in [-0.2, -0.15) is 8.75 Å². The molecule has 0 saturated heterocycles. The van der Waals surface area contributed by atoms with Crippen molar-refractivity contribution < 1.29 is 8.78 Å². The molecule has 0 unspecified atom stereocenters. The van der Waals surface area contributed by atoms with E-state index in [0.29, 0.717) is 23.0 Å². The summed E-state index contributed by atoms with van der Waals surface area (Å²) in [5.41, 5.74) is 9.86. The molecule has 9 heteroatoms. The molecule has 0 atom stereocenters. The molecule has 0 amide bonds. The molecule has 262 valence electrons. The minimum atomic E-state index is -0.207. The van der Waals surface area contributed by atoms with Gasteiger partial charge < -0.3 is 0 Å². The van der Waals surface area contributed by atoms with Crippen LogP contribution in [-0.4, -0.2) is 18.7 Å². The molecule has 7 aromatic rings. The smallest absolute Gasteiger partial charge is 0.132 e. The maximum Gasteiger partial charge on any atom is 0.132 e. The Hall–Kier alpha value is -3.92. The van der Waals surface area contributed by atoms with Gasteiger partial charge in [-0.15, -0.1) is 22.7 Å². The van der Waals surface area contributed by atoms with Crippen molar-refractivity contribution in [1.82, 2.24) is 18.7 Å². The fraction of sp³-hybridized carbons (Fsp3) is 0.333. The predicted molar refractivity (Wildman–Crippen MR) is 213 cm³/mol. The molecule has 0 spiro atoms. The summed E-state index contributed by atoms with van der Waals surface area (Å²) in [6.45, 7) is 13.0. The van der Waals surface area contributed by atoms with Crippen molar-refractivity contribution in [2.24, 2.45) is 11.8 Å². The molecule has 0 saturated carbocycles. The van der Waals surface area contributed by atoms with Crippen LogP contribution in [0.1, 0.15) is 76.9 Å². The van der Waals surface area contributed by atoms with Crippen molar-refractivity contribution in [2.75, 3.05) is 0 Å². The Morgan fingerprint density at radius 2 is 0.961 bits per heavy atom. The monoisotopic (exact) mass is 736 g/mol. The summed E-state index contributed by atoms with van der Waals surface area (Å²) < 4.78 is 40.7. The number of halogens is 2. The molecule has 51 heavy (non-hydrogen) atoms. The second-order valence-electron chi connectivity index (χ2n) is 14.1. The van der Waals surface area contributed by atoms with E-state index in [4.69, 9.17) is 18.7 Å². The minimum Gasteiger partial charge on any atom is -0.249 e. The van der Waals surface area contributed by atoms with Crippen molar-refractivity contribution in [3.63, 3.8) is 0 Å². The Kier molecular flexibility index (Phi) is 10.4. The van der Waals surface area contributed by atoms with Crippen LogP contribution in [0.4, 0.5) is 8.78 Å². The zero-order chi connectivity index (χ0) is 35.8. The summed E-state index contributed by atoms with van der Waals surface area (Å²) >= 11 is 4.23. The zero-order valence-corrected chi connectivity index (χ0v) is 32.4. The van der Waals surface area contributed by atoms with E-state index in [1.807, 2.05) is 48.5 Å². The Morgan fingerprint density at radius 3 is 1.33 bits per heavy atom. The number of hydrogen-bond acceptors (Lipinski definition) is 7. The standard InChI is InChI=1S/C42H42F2N4S3/c1-7-31-32(8-2)46-40-38(36-20-18-34(50-36)28-16-14-26(22-30(28)44)12-10-24(5)6)42-41(47-51-48-42)37(39(40)45-31)35-19-17-33(49-35)27-15-13-25(21-29(27)43)11-9-23(3)4/h13-24H,7-12H2,1-6H3. The van der Waals surface area contributed by atoms with Crippen LogP contribution in [0, 0.1) is 23.5 Å². The van der Waals surface area contributed by atoms with E-state index < -0.39 is 0 Å². The number of thiophene rings is 2. The highest BCUT2D eigenvalue weighted by atomic mass is 32.1. The maximum atomic E-state index is 15.5. The zero-order valence-electron chi connectivity index (χ0n) is 29.9. The molecule has 0 N–H and O–H groups in total. The van der Waals surface area contributed by atoms with Gasteiger partial charge in [0.2, 0.25) is 0 Å². The van der Waals surface area contributed by atoms with E-state index in [1.165, 1.54) is 22.7 Å². The van der Waals surface area contributed by atoms with Gasteiger partial charge in [0.25, 0.3) is 0 Å². The third-order valence-corrected chi connectivity index (χ3v) is 12.3. The fourth-order valence-corrected chi connectivity index (χ4v) is 9.32. The van der Waals surface area contributed by atoms with Crippen molar-refractivity contribution in [2.45, 2.75) is 80.1 Å². The van der Waals surface area contributed by atoms with Gasteiger partial charge >= 0.3 is 0 Å². The Balaban J connectivity index is 1.35. The van der Waals surface area contributed by atoms with E-state index in [1.54, 1.807) is 12.1 Å². The lowest BCUT2D eigenvalue weighted by Gasteiger charge is -2.13. The van der Waals surface area contributed by atoms with E-state index in [-0.39, 0.29) is 11.6 Å². The van der Waals surface area contributed by atoms with Crippen LogP contribution >= 0.6 is 34.4 Å². The van der Waals surface area contributed by atoms with Gasteiger partial charge in [-0.25, -0.2) is 18.7 Å². The topological polar surface area (TPSA) is 51.6 Å². The summed E-state index contributed by atoms with van der Waals surface area (Å²) in [5.74, 6) is 0.719. The lowest BCUT2D eigenvalue weighted by atomic mass is 10.0. The number of rotatable bonds is 12. The molecular weight excluding hydrogens is 695 g/mol. The first-order chi connectivity index (χ1) is 24.6. The molecule has 3 aromatic carbocycles. The SMILES string of the molecule is CCc1nc2c(-c3ccc(-c4ccc(CCC(C)C)cc4F)s3)c3nsnc3c(-c3ccc(-c4ccc(CCC(C)C)cc4F)s3)c2nc1CC. The number of fused-ring (bicyclic) bond motifs is 2. The molecule has 0 aliphatic carbocycles. The van der Waals surface area contributed by atoms with Gasteiger partial charge in [-0.1, -0.05) is 65.8 Å². The number of aromatic nitrogens is 4. The molecule has 0 aliphatic rings. The van der Waals surface area contributed by atoms with Crippen LogP contribution in [0.3, 0.4) is 0 Å². The molecule has 0 bridgehead atoms. The number of hydrogen-bond donors (Lipinski definition) is 0. The van der Waals surface area contributed by atoms with Gasteiger partial charge in [-0.3, -0.25) is 0 Å². The van der Waals surface area contributed by atoms with Crippen molar-refractivity contribution in [1.29, 1.82) is 0 Å². The number of benzene rings is 3. The van der Waals surface area contributed by atoms with Crippen LogP contribution in [0.15, 0.2) is 60.7 Å². The first kappa shape index (κ1) is 35.5. The molecule has 0 radical (unpaired) electrons. The van der Waals surface area contributed by atoms with E-state index >= 15 is 8.78 Å². The minimum absolute atomic E-state index is 0.207. The second kappa shape index (κ2) is 15.0. The van der Waals surface area contributed by atoms with E-state index in [2.05, 4.69) is 41.5 Å². The normalized spacial score (nSPS) is 12.0. The quantitative estimate of drug-likeness (QED) is 0.125. The molecule has 7 rings (SSSR count). The summed E-state index contributed by atoms with van der Waals surface area (Å²) in [4.78, 5) is 14.1. The average Bonchev–Trinajstić information content (AvgIpc) is 3.90. The highest BCUT2D eigenvalue weighted by Crippen LogP contribution is 2.47. The molecule has 0 aliphatic heterocycles. The summed E-state index contributed by atoms with van der Waals surface area (Å²) in [7, 11) is 0. The van der Waals surface area contributed by atoms with Gasteiger partial charge in [-0.05, 0) is 97.9 Å². The van der Waals surface area contributed by atoms with Crippen molar-refractivity contribution >= 4 is 56.5 Å². The summed E-state index contributed by atoms with van der Waals surface area (Å²) in [6.07, 6.45) is 5.27. The molecule has 0 fully saturated rings. The van der Waals surface area contributed by atoms with Crippen molar-refractivity contribution in [3.05, 3.63) is 94.8 Å². The highest BCUT2D eigenvalue weighted by Gasteiger charge is 2.26. The Bertz CT molecular complexity index is 2190. The van der Waals surface area contributed by atoms with Gasteiger partial charge in [0.15, 0.2) is 0 Å². The first-order valence-corrected chi connectivity index (χ1v) is 20.3. The molecule has 4 nitrogen and oxygen atoms in total. The predicted octanol–water partition coefficient (Wildman–Crippen LogP) is 13.0. The van der Waals surface area contributed by atoms with Crippen molar-refractivity contribution in [3.8, 4) is 41.8 Å². The number of aryl methyl sites for hydroxylation is 4. The lowest BCUT2D eigenvalue weighted by molar-refractivity contribution is 0.582. The van der Waals surface area contributed by atoms with Gasteiger partial charge in [0, 0.05) is 41.8 Å². The van der Waals surface area contributed by atoms with Gasteiger partial charge in [0.05, 0.1) is 23.1 Å². The van der Waals surface area contributed by atoms with E-state index in [0.717, 1.165) is 125 Å². The van der Waals surface area contributed by atoms with Crippen LogP contribution in [-0.2, 0) is 25.7 Å². The van der Waals surface area contributed by atoms with Crippen LogP contribution in [0.5, 0.6) is 0 Å². The highest BCUT2D eigenvalue weighted by molar-refractivity contribution is 7.19. The maximum absolute atomic E-state index is 15.5. The molecule has 4 heterocycles. The lowest BCUT2D eigenvalue weighted by Crippen LogP contribution is -2.03. The average molecular weight is 737 g/mol. The second-order valence-corrected chi connectivity index (χ2v) is 16.7. The van der Waals surface area contributed by atoms with Gasteiger partial charge in [0.1, 0.15) is 33.7 Å². The summed E-state index contributed by atoms with van der Waals surface area (Å²) in [5, 5.41) is 0. The summed E-state index contributed by atoms with van der Waals surface area (Å²) in [6, 6.07) is 19.3. The fourth-order valence-electron chi connectivity index (χ4n) is 6.60. The molecular formula is C42H42F2N4S3. The largest absolute Gasteiger partial charge is 0.249 e. The third kappa shape index (κ3) is 7.13. The molecule has 4 aromatic heterocycles.